The quantitative estimate of drug-likeness (QED) is 0.537. The van der Waals surface area contributed by atoms with Crippen LogP contribution in [0.5, 0.6) is 0 Å². The molecule has 21 heavy (non-hydrogen) atoms. The van der Waals surface area contributed by atoms with Crippen LogP contribution in [0.1, 0.15) is 10.4 Å². The van der Waals surface area contributed by atoms with Crippen molar-refractivity contribution < 1.29 is 28.2 Å². The summed E-state index contributed by atoms with van der Waals surface area (Å²) >= 11 is 0. The van der Waals surface area contributed by atoms with Crippen molar-refractivity contribution in [3.63, 3.8) is 0 Å². The predicted octanol–water partition coefficient (Wildman–Crippen LogP) is -0.336. The van der Waals surface area contributed by atoms with Gasteiger partial charge < -0.3 is 14.9 Å². The lowest BCUT2D eigenvalue weighted by Gasteiger charge is -2.23. The first-order valence-corrected chi connectivity index (χ1v) is 7.57. The number of ether oxygens (including phenoxy) is 1. The molecule has 0 unspecified atom stereocenters. The predicted molar refractivity (Wildman–Crippen MR) is 76.6 cm³/mol. The highest BCUT2D eigenvalue weighted by molar-refractivity contribution is 7.90. The van der Waals surface area contributed by atoms with Crippen LogP contribution in [0.3, 0.4) is 0 Å². The zero-order valence-corrected chi connectivity index (χ0v) is 12.3. The highest BCUT2D eigenvalue weighted by atomic mass is 32.2. The van der Waals surface area contributed by atoms with E-state index < -0.39 is 16.2 Å². The Hall–Kier alpha value is -1.68. The van der Waals surface area contributed by atoms with Crippen LogP contribution in [0.2, 0.25) is 0 Å². The highest BCUT2D eigenvalue weighted by Crippen LogP contribution is 2.18. The van der Waals surface area contributed by atoms with Crippen LogP contribution >= 0.6 is 0 Å². The van der Waals surface area contributed by atoms with E-state index in [1.807, 2.05) is 0 Å². The molecule has 0 bridgehead atoms. The molecule has 0 aliphatic heterocycles. The SMILES string of the molecule is COCCNS(=O)(=O)N(CCO)c1ccc(C(=O)O)cc1. The number of methoxy groups -OCH3 is 1. The number of nitrogens with one attached hydrogen (secondary N) is 1. The molecule has 0 aromatic heterocycles. The lowest BCUT2D eigenvalue weighted by molar-refractivity contribution is 0.0697. The van der Waals surface area contributed by atoms with E-state index in [0.717, 1.165) is 4.31 Å². The van der Waals surface area contributed by atoms with Gasteiger partial charge >= 0.3 is 16.2 Å². The molecule has 0 aliphatic rings. The van der Waals surface area contributed by atoms with Crippen LogP contribution in [0.25, 0.3) is 0 Å². The van der Waals surface area contributed by atoms with Crippen molar-refractivity contribution >= 4 is 21.9 Å². The summed E-state index contributed by atoms with van der Waals surface area (Å²) in [7, 11) is -2.40. The first kappa shape index (κ1) is 17.4. The smallest absolute Gasteiger partial charge is 0.335 e. The molecule has 8 nitrogen and oxygen atoms in total. The molecule has 1 aromatic carbocycles. The Morgan fingerprint density at radius 2 is 1.95 bits per heavy atom. The number of rotatable bonds is 9. The van der Waals surface area contributed by atoms with Crippen LogP contribution < -0.4 is 9.03 Å². The number of carbonyl (C=O) groups is 1. The number of nitrogens with zero attached hydrogens (tertiary/aromatic N) is 1. The van der Waals surface area contributed by atoms with Crippen LogP contribution in [-0.4, -0.2) is 58.0 Å². The van der Waals surface area contributed by atoms with E-state index in [2.05, 4.69) is 4.72 Å². The standard InChI is InChI=1S/C12H18N2O6S/c1-20-9-6-13-21(18,19)14(7-8-15)11-4-2-10(3-5-11)12(16)17/h2-5,13,15H,6-9H2,1H3,(H,16,17). The third-order valence-corrected chi connectivity index (χ3v) is 4.13. The van der Waals surface area contributed by atoms with Crippen molar-refractivity contribution in [2.75, 3.05) is 37.7 Å². The van der Waals surface area contributed by atoms with E-state index in [-0.39, 0.29) is 37.6 Å². The third-order valence-electron chi connectivity index (χ3n) is 2.59. The lowest BCUT2D eigenvalue weighted by atomic mass is 10.2. The minimum absolute atomic E-state index is 0.0486. The average Bonchev–Trinajstić information content (AvgIpc) is 2.45. The minimum atomic E-state index is -3.85. The second-order valence-corrected chi connectivity index (χ2v) is 5.72. The van der Waals surface area contributed by atoms with Crippen LogP contribution in [0, 0.1) is 0 Å². The summed E-state index contributed by atoms with van der Waals surface area (Å²) in [5, 5.41) is 17.8. The summed E-state index contributed by atoms with van der Waals surface area (Å²) in [6.45, 7) is -0.210. The van der Waals surface area contributed by atoms with E-state index in [4.69, 9.17) is 14.9 Å². The molecule has 9 heteroatoms. The van der Waals surface area contributed by atoms with Gasteiger partial charge in [0.15, 0.2) is 0 Å². The fourth-order valence-corrected chi connectivity index (χ4v) is 2.82. The molecule has 0 spiro atoms. The Balaban J connectivity index is 2.97. The molecule has 0 saturated heterocycles. The van der Waals surface area contributed by atoms with Gasteiger partial charge in [0, 0.05) is 13.7 Å². The monoisotopic (exact) mass is 318 g/mol. The third kappa shape index (κ3) is 4.97. The van der Waals surface area contributed by atoms with Gasteiger partial charge in [-0.1, -0.05) is 0 Å². The Morgan fingerprint density at radius 3 is 2.43 bits per heavy atom. The molecule has 0 amide bonds. The lowest BCUT2D eigenvalue weighted by Crippen LogP contribution is -2.43. The van der Waals surface area contributed by atoms with Crippen molar-refractivity contribution in [1.29, 1.82) is 0 Å². The Labute approximate surface area is 123 Å². The first-order valence-electron chi connectivity index (χ1n) is 6.13. The summed E-state index contributed by atoms with van der Waals surface area (Å²) in [4.78, 5) is 10.8. The molecule has 0 radical (unpaired) electrons. The molecule has 0 atom stereocenters. The normalized spacial score (nSPS) is 11.3. The molecule has 0 fully saturated rings. The molecule has 118 valence electrons. The minimum Gasteiger partial charge on any atom is -0.478 e. The number of aromatic carboxylic acids is 1. The van der Waals surface area contributed by atoms with Gasteiger partial charge in [-0.05, 0) is 24.3 Å². The van der Waals surface area contributed by atoms with Crippen molar-refractivity contribution in [2.45, 2.75) is 0 Å². The number of benzene rings is 1. The van der Waals surface area contributed by atoms with Gasteiger partial charge in [-0.2, -0.15) is 13.1 Å². The largest absolute Gasteiger partial charge is 0.478 e. The molecule has 0 heterocycles. The number of carboxylic acid groups (broad SMARTS) is 1. The topological polar surface area (TPSA) is 116 Å². The van der Waals surface area contributed by atoms with Crippen molar-refractivity contribution in [3.05, 3.63) is 29.8 Å². The van der Waals surface area contributed by atoms with E-state index in [0.29, 0.717) is 0 Å². The van der Waals surface area contributed by atoms with Gasteiger partial charge in [-0.25, -0.2) is 4.79 Å². The van der Waals surface area contributed by atoms with E-state index in [9.17, 15) is 13.2 Å². The van der Waals surface area contributed by atoms with Gasteiger partial charge in [0.2, 0.25) is 0 Å². The van der Waals surface area contributed by atoms with E-state index in [1.54, 1.807) is 0 Å². The second-order valence-electron chi connectivity index (χ2n) is 4.04. The molecule has 0 saturated carbocycles. The summed E-state index contributed by atoms with van der Waals surface area (Å²) in [6.07, 6.45) is 0. The number of hydrogen-bond donors (Lipinski definition) is 3. The molecule has 0 aliphatic carbocycles. The number of anilines is 1. The highest BCUT2D eigenvalue weighted by Gasteiger charge is 2.21. The number of aliphatic hydroxyl groups excluding tert-OH is 1. The van der Waals surface area contributed by atoms with E-state index in [1.165, 1.54) is 31.4 Å². The maximum Gasteiger partial charge on any atom is 0.335 e. The number of carboxylic acids is 1. The van der Waals surface area contributed by atoms with Gasteiger partial charge in [0.25, 0.3) is 0 Å². The van der Waals surface area contributed by atoms with Crippen LogP contribution in [0.15, 0.2) is 24.3 Å². The molecular weight excluding hydrogens is 300 g/mol. The zero-order chi connectivity index (χ0) is 15.9. The van der Waals surface area contributed by atoms with Crippen LogP contribution in [-0.2, 0) is 14.9 Å². The number of hydrogen-bond acceptors (Lipinski definition) is 5. The number of aliphatic hydroxyl groups is 1. The summed E-state index contributed by atoms with van der Waals surface area (Å²) < 4.78 is 32.4. The summed E-state index contributed by atoms with van der Waals surface area (Å²) in [5.74, 6) is -1.10. The van der Waals surface area contributed by atoms with Gasteiger partial charge in [-0.15, -0.1) is 0 Å². The second kappa shape index (κ2) is 7.93. The van der Waals surface area contributed by atoms with Gasteiger partial charge in [0.05, 0.1) is 31.0 Å². The van der Waals surface area contributed by atoms with Crippen LogP contribution in [0.4, 0.5) is 5.69 Å². The first-order chi connectivity index (χ1) is 9.92. The fraction of sp³-hybridized carbons (Fsp3) is 0.417. The Bertz CT molecular complexity index is 558. The Kier molecular flexibility index (Phi) is 6.56. The van der Waals surface area contributed by atoms with E-state index >= 15 is 0 Å². The zero-order valence-electron chi connectivity index (χ0n) is 11.5. The summed E-state index contributed by atoms with van der Waals surface area (Å²) in [5.41, 5.74) is 0.311. The molecule has 1 aromatic rings. The van der Waals surface area contributed by atoms with Crippen molar-refractivity contribution in [3.8, 4) is 0 Å². The van der Waals surface area contributed by atoms with Crippen molar-refractivity contribution in [2.24, 2.45) is 0 Å². The maximum atomic E-state index is 12.1. The fourth-order valence-electron chi connectivity index (χ4n) is 1.60. The molecule has 1 rings (SSSR count). The summed E-state index contributed by atoms with van der Waals surface area (Å²) in [6, 6.07) is 5.34. The average molecular weight is 318 g/mol. The Morgan fingerprint density at radius 1 is 1.33 bits per heavy atom. The van der Waals surface area contributed by atoms with Crippen molar-refractivity contribution in [1.82, 2.24) is 4.72 Å². The van der Waals surface area contributed by atoms with Gasteiger partial charge in [-0.3, -0.25) is 4.31 Å². The molecular formula is C12H18N2O6S. The maximum absolute atomic E-state index is 12.1. The van der Waals surface area contributed by atoms with Gasteiger partial charge in [0.1, 0.15) is 0 Å². The molecule has 3 N–H and O–H groups in total.